The van der Waals surface area contributed by atoms with E-state index in [1.165, 1.54) is 109 Å². The predicted molar refractivity (Wildman–Crippen MR) is 284 cm³/mol. The zero-order valence-corrected chi connectivity index (χ0v) is 45.2. The maximum absolute atomic E-state index is 13.6. The number of amides is 2. The molecule has 0 bridgehead atoms. The van der Waals surface area contributed by atoms with Crippen LogP contribution in [0.25, 0.3) is 0 Å². The minimum atomic E-state index is -0.589. The predicted octanol–water partition coefficient (Wildman–Crippen LogP) is 13.0. The van der Waals surface area contributed by atoms with Gasteiger partial charge in [0.2, 0.25) is 11.8 Å². The van der Waals surface area contributed by atoms with Gasteiger partial charge in [0.05, 0.1) is 19.8 Å². The van der Waals surface area contributed by atoms with Crippen LogP contribution in [0, 0.1) is 5.92 Å². The molecule has 0 aromatic heterocycles. The summed E-state index contributed by atoms with van der Waals surface area (Å²) in [6, 6.07) is -1.17. The molecule has 0 aromatic carbocycles. The Bertz CT molecular complexity index is 1100. The Morgan fingerprint density at radius 2 is 0.848 bits per heavy atom. The molecular formula is C54H105N3O7S2. The van der Waals surface area contributed by atoms with Gasteiger partial charge in [0, 0.05) is 18.9 Å². The maximum Gasteiger partial charge on any atom is 0.328 e. The lowest BCUT2D eigenvalue weighted by Gasteiger charge is -2.22. The number of carbonyl (C=O) groups excluding carboxylic acids is 4. The number of esters is 2. The smallest absolute Gasteiger partial charge is 0.328 e. The van der Waals surface area contributed by atoms with Crippen molar-refractivity contribution in [2.45, 2.75) is 251 Å². The van der Waals surface area contributed by atoms with E-state index in [0.717, 1.165) is 114 Å². The summed E-state index contributed by atoms with van der Waals surface area (Å²) >= 11 is 3.35. The highest BCUT2D eigenvalue weighted by Gasteiger charge is 2.26. The van der Waals surface area contributed by atoms with Crippen LogP contribution in [0.15, 0.2) is 0 Å². The summed E-state index contributed by atoms with van der Waals surface area (Å²) < 4.78 is 11.4. The van der Waals surface area contributed by atoms with Crippen molar-refractivity contribution in [1.82, 2.24) is 15.5 Å². The van der Waals surface area contributed by atoms with Crippen LogP contribution in [0.1, 0.15) is 239 Å². The molecule has 2 amide bonds. The van der Waals surface area contributed by atoms with Gasteiger partial charge in [-0.1, -0.05) is 168 Å². The number of ether oxygens (including phenoxy) is 2. The van der Waals surface area contributed by atoms with E-state index in [1.54, 1.807) is 23.5 Å². The van der Waals surface area contributed by atoms with E-state index in [0.29, 0.717) is 39.0 Å². The first kappa shape index (κ1) is 64.5. The van der Waals surface area contributed by atoms with E-state index in [9.17, 15) is 24.3 Å². The minimum absolute atomic E-state index is 0.0315. The second-order valence-corrected chi connectivity index (χ2v) is 20.8. The minimum Gasteiger partial charge on any atom is -0.464 e. The number of carbonyl (C=O) groups is 4. The second kappa shape index (κ2) is 49.9. The van der Waals surface area contributed by atoms with Gasteiger partial charge in [-0.2, -0.15) is 23.5 Å². The van der Waals surface area contributed by atoms with Crippen molar-refractivity contribution in [3.63, 3.8) is 0 Å². The number of hydrogen-bond donors (Lipinski definition) is 3. The van der Waals surface area contributed by atoms with E-state index in [1.807, 2.05) is 12.5 Å². The Morgan fingerprint density at radius 1 is 0.470 bits per heavy atom. The standard InChI is InChI=1S/C54H105N3O7S2/c1-6-9-12-15-18-19-20-24-30-37-51(59)55-49(38-46-65-4)53(61)63-45-34-27-32-41-57(42-43-58)40-31-25-21-26-33-44-64-54(62)50(39-47-66-5)56-52(60)48(35-28-22-16-13-10-7-2)36-29-23-17-14-11-8-3/h48-50,58H,6-47H2,1-5H3,(H,55,59)(H,56,60). The fourth-order valence-corrected chi connectivity index (χ4v) is 9.42. The molecule has 0 spiro atoms. The molecule has 0 aliphatic carbocycles. The van der Waals surface area contributed by atoms with Crippen LogP contribution in [-0.2, 0) is 28.7 Å². The third-order valence-corrected chi connectivity index (χ3v) is 14.1. The molecule has 2 atom stereocenters. The van der Waals surface area contributed by atoms with Crippen molar-refractivity contribution in [1.29, 1.82) is 0 Å². The Hall–Kier alpha value is -1.50. The number of nitrogens with zero attached hydrogens (tertiary/aromatic N) is 1. The zero-order chi connectivity index (χ0) is 48.6. The summed E-state index contributed by atoms with van der Waals surface area (Å²) in [5, 5.41) is 15.8. The van der Waals surface area contributed by atoms with Gasteiger partial charge in [0.15, 0.2) is 0 Å². The molecule has 0 radical (unpaired) electrons. The van der Waals surface area contributed by atoms with Crippen LogP contribution in [0.2, 0.25) is 0 Å². The Balaban J connectivity index is 4.51. The van der Waals surface area contributed by atoms with Gasteiger partial charge in [0.25, 0.3) is 0 Å². The number of hydrogen-bond acceptors (Lipinski definition) is 10. The van der Waals surface area contributed by atoms with Crippen LogP contribution in [0.3, 0.4) is 0 Å². The highest BCUT2D eigenvalue weighted by atomic mass is 32.2. The third-order valence-electron chi connectivity index (χ3n) is 12.8. The first-order chi connectivity index (χ1) is 32.3. The monoisotopic (exact) mass is 972 g/mol. The second-order valence-electron chi connectivity index (χ2n) is 18.9. The molecule has 0 rings (SSSR count). The Morgan fingerprint density at radius 3 is 1.29 bits per heavy atom. The number of rotatable bonds is 51. The number of aliphatic hydroxyl groups is 1. The molecule has 0 fully saturated rings. The molecule has 390 valence electrons. The summed E-state index contributed by atoms with van der Waals surface area (Å²) in [4.78, 5) is 54.7. The Labute approximate surface area is 415 Å². The summed E-state index contributed by atoms with van der Waals surface area (Å²) in [5.41, 5.74) is 0. The lowest BCUT2D eigenvalue weighted by Crippen LogP contribution is -2.45. The first-order valence-electron chi connectivity index (χ1n) is 27.5. The summed E-state index contributed by atoms with van der Waals surface area (Å²) in [7, 11) is 0. The SMILES string of the molecule is CCCCCCCCCCCC(=O)NC(CCSC)C(=O)OCCCCCN(CCO)CCCCCCCOC(=O)C(CCSC)NC(=O)C(CCCCCCCC)CCCCCCCC. The summed E-state index contributed by atoms with van der Waals surface area (Å²) in [6.45, 7) is 10.0. The molecule has 0 heterocycles. The number of unbranched alkanes of at least 4 members (excludes halogenated alkanes) is 24. The summed E-state index contributed by atoms with van der Waals surface area (Å²) in [5.74, 6) is 0.892. The number of nitrogens with one attached hydrogen (secondary N) is 2. The van der Waals surface area contributed by atoms with E-state index in [4.69, 9.17) is 9.47 Å². The number of thioether (sulfide) groups is 2. The van der Waals surface area contributed by atoms with Gasteiger partial charge in [-0.05, 0) is 101 Å². The van der Waals surface area contributed by atoms with Gasteiger partial charge < -0.3 is 30.1 Å². The van der Waals surface area contributed by atoms with Crippen molar-refractivity contribution in [3.8, 4) is 0 Å². The van der Waals surface area contributed by atoms with Gasteiger partial charge in [-0.3, -0.25) is 9.59 Å². The quantitative estimate of drug-likeness (QED) is 0.0399. The average molecular weight is 973 g/mol. The maximum atomic E-state index is 13.6. The lowest BCUT2D eigenvalue weighted by molar-refractivity contribution is -0.148. The molecule has 0 saturated carbocycles. The highest BCUT2D eigenvalue weighted by Crippen LogP contribution is 2.21. The van der Waals surface area contributed by atoms with Gasteiger partial charge in [0.1, 0.15) is 12.1 Å². The molecule has 10 nitrogen and oxygen atoms in total. The van der Waals surface area contributed by atoms with Crippen molar-refractivity contribution >= 4 is 47.3 Å². The van der Waals surface area contributed by atoms with Crippen LogP contribution in [0.5, 0.6) is 0 Å². The summed E-state index contributed by atoms with van der Waals surface area (Å²) in [6.07, 6.45) is 40.4. The fourth-order valence-electron chi connectivity index (χ4n) is 8.48. The zero-order valence-electron chi connectivity index (χ0n) is 43.6. The molecule has 0 aliphatic rings. The van der Waals surface area contributed by atoms with Crippen LogP contribution in [0.4, 0.5) is 0 Å². The van der Waals surface area contributed by atoms with Gasteiger partial charge >= 0.3 is 11.9 Å². The largest absolute Gasteiger partial charge is 0.464 e. The third kappa shape index (κ3) is 40.4. The number of aliphatic hydroxyl groups excluding tert-OH is 1. The molecule has 0 aromatic rings. The average Bonchev–Trinajstić information content (AvgIpc) is 3.31. The van der Waals surface area contributed by atoms with Crippen molar-refractivity contribution in [2.24, 2.45) is 5.92 Å². The molecule has 12 heteroatoms. The van der Waals surface area contributed by atoms with Crippen LogP contribution >= 0.6 is 23.5 Å². The first-order valence-corrected chi connectivity index (χ1v) is 30.3. The van der Waals surface area contributed by atoms with Crippen molar-refractivity contribution in [2.75, 3.05) is 63.5 Å². The molecule has 66 heavy (non-hydrogen) atoms. The van der Waals surface area contributed by atoms with Crippen LogP contribution in [-0.4, -0.2) is 109 Å². The normalized spacial score (nSPS) is 12.4. The van der Waals surface area contributed by atoms with E-state index < -0.39 is 12.1 Å². The van der Waals surface area contributed by atoms with Crippen molar-refractivity contribution in [3.05, 3.63) is 0 Å². The van der Waals surface area contributed by atoms with Crippen molar-refractivity contribution < 1.29 is 33.8 Å². The van der Waals surface area contributed by atoms with Gasteiger partial charge in [-0.25, -0.2) is 9.59 Å². The van der Waals surface area contributed by atoms with E-state index in [2.05, 4.69) is 36.3 Å². The Kier molecular flexibility index (Phi) is 48.8. The molecule has 3 N–H and O–H groups in total. The molecular weight excluding hydrogens is 867 g/mol. The molecule has 0 aliphatic heterocycles. The van der Waals surface area contributed by atoms with Gasteiger partial charge in [-0.15, -0.1) is 0 Å². The molecule has 0 saturated heterocycles. The fraction of sp³-hybridized carbons (Fsp3) is 0.926. The van der Waals surface area contributed by atoms with E-state index >= 15 is 0 Å². The lowest BCUT2D eigenvalue weighted by atomic mass is 9.93. The van der Waals surface area contributed by atoms with E-state index in [-0.39, 0.29) is 36.3 Å². The highest BCUT2D eigenvalue weighted by molar-refractivity contribution is 7.98. The topological polar surface area (TPSA) is 134 Å². The van der Waals surface area contributed by atoms with Crippen LogP contribution < -0.4 is 10.6 Å². The molecule has 2 unspecified atom stereocenters.